The van der Waals surface area contributed by atoms with E-state index in [0.717, 1.165) is 59.5 Å². The molecule has 0 radical (unpaired) electrons. The molecule has 5 nitrogen and oxygen atoms in total. The maximum absolute atomic E-state index is 6.16. The van der Waals surface area contributed by atoms with E-state index in [0.29, 0.717) is 0 Å². The van der Waals surface area contributed by atoms with Crippen molar-refractivity contribution in [3.63, 3.8) is 0 Å². The molecule has 0 atom stereocenters. The third-order valence-corrected chi connectivity index (χ3v) is 4.09. The first-order valence-electron chi connectivity index (χ1n) is 7.71. The van der Waals surface area contributed by atoms with E-state index in [1.807, 2.05) is 38.1 Å². The van der Waals surface area contributed by atoms with Crippen molar-refractivity contribution >= 4 is 17.6 Å². The van der Waals surface area contributed by atoms with Gasteiger partial charge in [0.05, 0.1) is 5.69 Å². The minimum atomic E-state index is 0.772. The van der Waals surface area contributed by atoms with Crippen LogP contribution >= 0.6 is 11.6 Å². The fourth-order valence-corrected chi connectivity index (χ4v) is 2.63. The average Bonchev–Trinajstić information content (AvgIpc) is 2.86. The van der Waals surface area contributed by atoms with E-state index in [9.17, 15) is 0 Å². The van der Waals surface area contributed by atoms with E-state index in [1.165, 1.54) is 0 Å². The van der Waals surface area contributed by atoms with Crippen LogP contribution in [0.15, 0.2) is 33.8 Å². The highest BCUT2D eigenvalue weighted by Gasteiger charge is 2.08. The summed E-state index contributed by atoms with van der Waals surface area (Å²) in [6, 6.07) is 7.89. The topological polar surface area (TPSA) is 62.5 Å². The zero-order valence-electron chi connectivity index (χ0n) is 13.8. The lowest BCUT2D eigenvalue weighted by Crippen LogP contribution is -2.39. The zero-order valence-corrected chi connectivity index (χ0v) is 14.6. The highest BCUT2D eigenvalue weighted by Crippen LogP contribution is 2.14. The number of hydrogen-bond donors (Lipinski definition) is 2. The molecule has 1 aromatic heterocycles. The Kier molecular flexibility index (Phi) is 6.47. The summed E-state index contributed by atoms with van der Waals surface area (Å²) in [5.41, 5.74) is 3.24. The Morgan fingerprint density at radius 1 is 1.17 bits per heavy atom. The van der Waals surface area contributed by atoms with Crippen molar-refractivity contribution in [2.45, 2.75) is 26.7 Å². The van der Waals surface area contributed by atoms with E-state index in [-0.39, 0.29) is 0 Å². The Morgan fingerprint density at radius 2 is 1.87 bits per heavy atom. The second-order valence-corrected chi connectivity index (χ2v) is 5.73. The van der Waals surface area contributed by atoms with Gasteiger partial charge >= 0.3 is 0 Å². The van der Waals surface area contributed by atoms with Crippen LogP contribution < -0.4 is 10.6 Å². The summed E-state index contributed by atoms with van der Waals surface area (Å²) in [6.45, 7) is 5.44. The smallest absolute Gasteiger partial charge is 0.190 e. The summed E-state index contributed by atoms with van der Waals surface area (Å²) >= 11 is 6.16. The minimum Gasteiger partial charge on any atom is -0.361 e. The van der Waals surface area contributed by atoms with Crippen molar-refractivity contribution in [2.24, 2.45) is 4.99 Å². The van der Waals surface area contributed by atoms with Crippen LogP contribution in [-0.4, -0.2) is 31.3 Å². The third-order valence-electron chi connectivity index (χ3n) is 3.72. The van der Waals surface area contributed by atoms with E-state index >= 15 is 0 Å². The first-order chi connectivity index (χ1) is 11.1. The van der Waals surface area contributed by atoms with Gasteiger partial charge in [0.2, 0.25) is 0 Å². The molecule has 1 aromatic carbocycles. The molecule has 0 aliphatic rings. The lowest BCUT2D eigenvalue weighted by atomic mass is 10.1. The van der Waals surface area contributed by atoms with Crippen molar-refractivity contribution in [3.8, 4) is 0 Å². The van der Waals surface area contributed by atoms with Crippen molar-refractivity contribution in [1.29, 1.82) is 0 Å². The molecule has 0 saturated carbocycles. The van der Waals surface area contributed by atoms with Gasteiger partial charge in [-0.2, -0.15) is 0 Å². The molecule has 0 saturated heterocycles. The van der Waals surface area contributed by atoms with Crippen molar-refractivity contribution in [3.05, 3.63) is 51.9 Å². The Hall–Kier alpha value is -2.01. The van der Waals surface area contributed by atoms with Crippen LogP contribution in [-0.2, 0) is 12.8 Å². The van der Waals surface area contributed by atoms with Crippen molar-refractivity contribution in [1.82, 2.24) is 15.8 Å². The molecule has 0 amide bonds. The molecule has 124 valence electrons. The highest BCUT2D eigenvalue weighted by molar-refractivity contribution is 6.31. The molecule has 2 N–H and O–H groups in total. The lowest BCUT2D eigenvalue weighted by molar-refractivity contribution is 0.392. The van der Waals surface area contributed by atoms with Gasteiger partial charge < -0.3 is 15.2 Å². The summed E-state index contributed by atoms with van der Waals surface area (Å²) in [4.78, 5) is 4.23. The number of hydrogen-bond acceptors (Lipinski definition) is 3. The maximum atomic E-state index is 6.16. The second-order valence-electron chi connectivity index (χ2n) is 5.32. The van der Waals surface area contributed by atoms with Crippen LogP contribution in [0.4, 0.5) is 0 Å². The highest BCUT2D eigenvalue weighted by atomic mass is 35.5. The minimum absolute atomic E-state index is 0.772. The van der Waals surface area contributed by atoms with Crippen LogP contribution in [0.2, 0.25) is 5.02 Å². The third kappa shape index (κ3) is 4.99. The SMILES string of the molecule is CN=C(NCCc1ccccc1Cl)NCCc1c(C)noc1C. The van der Waals surface area contributed by atoms with E-state index in [2.05, 4.69) is 20.8 Å². The van der Waals surface area contributed by atoms with Crippen LogP contribution in [0.5, 0.6) is 0 Å². The van der Waals surface area contributed by atoms with E-state index < -0.39 is 0 Å². The zero-order chi connectivity index (χ0) is 16.7. The lowest BCUT2D eigenvalue weighted by Gasteiger charge is -2.12. The number of rotatable bonds is 6. The largest absolute Gasteiger partial charge is 0.361 e. The molecular weight excluding hydrogens is 312 g/mol. The molecule has 0 fully saturated rings. The molecule has 2 aromatic rings. The number of guanidine groups is 1. The van der Waals surface area contributed by atoms with Gasteiger partial charge in [-0.25, -0.2) is 0 Å². The summed E-state index contributed by atoms with van der Waals surface area (Å²) < 4.78 is 5.17. The first-order valence-corrected chi connectivity index (χ1v) is 8.09. The fourth-order valence-electron chi connectivity index (χ4n) is 2.40. The first kappa shape index (κ1) is 17.3. The quantitative estimate of drug-likeness (QED) is 0.630. The summed E-state index contributed by atoms with van der Waals surface area (Å²) in [5.74, 6) is 1.66. The fraction of sp³-hybridized carbons (Fsp3) is 0.412. The summed E-state index contributed by atoms with van der Waals surface area (Å²) in [5, 5.41) is 11.4. The van der Waals surface area contributed by atoms with Gasteiger partial charge in [0.25, 0.3) is 0 Å². The Bertz CT molecular complexity index is 647. The second kappa shape index (κ2) is 8.58. The molecule has 23 heavy (non-hydrogen) atoms. The van der Waals surface area contributed by atoms with Crippen LogP contribution in [0.1, 0.15) is 22.6 Å². The van der Waals surface area contributed by atoms with Gasteiger partial charge in [-0.1, -0.05) is 35.0 Å². The molecule has 0 bridgehead atoms. The Labute approximate surface area is 142 Å². The molecule has 0 spiro atoms. The summed E-state index contributed by atoms with van der Waals surface area (Å²) in [7, 11) is 1.76. The van der Waals surface area contributed by atoms with Crippen LogP contribution in [0, 0.1) is 13.8 Å². The van der Waals surface area contributed by atoms with Gasteiger partial charge in [0.1, 0.15) is 5.76 Å². The van der Waals surface area contributed by atoms with Gasteiger partial charge in [0, 0.05) is 30.7 Å². The number of aromatic nitrogens is 1. The summed E-state index contributed by atoms with van der Waals surface area (Å²) in [6.07, 6.45) is 1.70. The molecule has 6 heteroatoms. The predicted molar refractivity (Wildman–Crippen MR) is 94.2 cm³/mol. The molecule has 1 heterocycles. The molecule has 0 aliphatic carbocycles. The van der Waals surface area contributed by atoms with E-state index in [1.54, 1.807) is 7.05 Å². The van der Waals surface area contributed by atoms with Gasteiger partial charge in [-0.3, -0.25) is 4.99 Å². The molecule has 0 aliphatic heterocycles. The number of aryl methyl sites for hydroxylation is 2. The average molecular weight is 335 g/mol. The van der Waals surface area contributed by atoms with E-state index in [4.69, 9.17) is 16.1 Å². The number of nitrogens with zero attached hydrogens (tertiary/aromatic N) is 2. The standard InChI is InChI=1S/C17H23ClN4O/c1-12-15(13(2)23-22-12)9-11-21-17(19-3)20-10-8-14-6-4-5-7-16(14)18/h4-7H,8-11H2,1-3H3,(H2,19,20,21). The normalized spacial score (nSPS) is 11.6. The van der Waals surface area contributed by atoms with Crippen molar-refractivity contribution < 1.29 is 4.52 Å². The van der Waals surface area contributed by atoms with Crippen molar-refractivity contribution in [2.75, 3.05) is 20.1 Å². The van der Waals surface area contributed by atoms with Crippen LogP contribution in [0.3, 0.4) is 0 Å². The van der Waals surface area contributed by atoms with Gasteiger partial charge in [-0.15, -0.1) is 0 Å². The van der Waals surface area contributed by atoms with Gasteiger partial charge in [0.15, 0.2) is 5.96 Å². The Morgan fingerprint density at radius 3 is 2.48 bits per heavy atom. The monoisotopic (exact) mass is 334 g/mol. The predicted octanol–water partition coefficient (Wildman–Crippen LogP) is 2.90. The van der Waals surface area contributed by atoms with Gasteiger partial charge in [-0.05, 0) is 38.3 Å². The number of halogens is 1. The molecular formula is C17H23ClN4O. The maximum Gasteiger partial charge on any atom is 0.190 e. The molecule has 0 unspecified atom stereocenters. The number of aliphatic imine (C=N–C) groups is 1. The van der Waals surface area contributed by atoms with Crippen LogP contribution in [0.25, 0.3) is 0 Å². The molecule has 2 rings (SSSR count). The number of benzene rings is 1. The number of nitrogens with one attached hydrogen (secondary N) is 2. The Balaban J connectivity index is 1.75.